The summed E-state index contributed by atoms with van der Waals surface area (Å²) in [5.74, 6) is -0.992. The van der Waals surface area contributed by atoms with Gasteiger partial charge in [-0.2, -0.15) is 0 Å². The van der Waals surface area contributed by atoms with Crippen LogP contribution in [0.3, 0.4) is 0 Å². The summed E-state index contributed by atoms with van der Waals surface area (Å²) in [5, 5.41) is 0. The Morgan fingerprint density at radius 1 is 0.950 bits per heavy atom. The molecule has 0 fully saturated rings. The first-order chi connectivity index (χ1) is 8.52. The number of primary amides is 2. The maximum absolute atomic E-state index is 11.6. The summed E-state index contributed by atoms with van der Waals surface area (Å²) >= 11 is 0. The smallest absolute Gasteiger partial charge is 0.249 e. The summed E-state index contributed by atoms with van der Waals surface area (Å²) in [7, 11) is 0. The zero-order valence-electron chi connectivity index (χ0n) is 11.8. The first kappa shape index (κ1) is 21.0. The van der Waals surface area contributed by atoms with Crippen LogP contribution in [-0.4, -0.2) is 11.8 Å². The van der Waals surface area contributed by atoms with Gasteiger partial charge in [-0.25, -0.2) is 0 Å². The van der Waals surface area contributed by atoms with Crippen LogP contribution in [0, 0.1) is 0 Å². The minimum Gasteiger partial charge on any atom is -0.366 e. The monoisotopic (exact) mass is 320 g/mol. The summed E-state index contributed by atoms with van der Waals surface area (Å²) in [6.45, 7) is 4.02. The van der Waals surface area contributed by atoms with Crippen molar-refractivity contribution in [1.82, 2.24) is 0 Å². The van der Waals surface area contributed by atoms with Crippen LogP contribution < -0.4 is 11.5 Å². The van der Waals surface area contributed by atoms with E-state index < -0.39 is 11.8 Å². The van der Waals surface area contributed by atoms with Crippen molar-refractivity contribution in [2.75, 3.05) is 0 Å². The van der Waals surface area contributed by atoms with Crippen LogP contribution in [0.2, 0.25) is 0 Å². The van der Waals surface area contributed by atoms with Gasteiger partial charge in [-0.1, -0.05) is 32.8 Å². The molecule has 0 bridgehead atoms. The molecule has 2 amide bonds. The maximum Gasteiger partial charge on any atom is 0.249 e. The van der Waals surface area contributed by atoms with Crippen LogP contribution in [0.4, 0.5) is 0 Å². The molecule has 1 aromatic carbocycles. The van der Waals surface area contributed by atoms with E-state index in [4.69, 9.17) is 11.5 Å². The van der Waals surface area contributed by atoms with Crippen molar-refractivity contribution < 1.29 is 9.59 Å². The van der Waals surface area contributed by atoms with E-state index in [1.165, 1.54) is 0 Å². The van der Waals surface area contributed by atoms with E-state index in [0.29, 0.717) is 23.1 Å². The Bertz CT molecular complexity index is 476. The topological polar surface area (TPSA) is 86.2 Å². The van der Waals surface area contributed by atoms with E-state index in [9.17, 15) is 9.59 Å². The summed E-state index contributed by atoms with van der Waals surface area (Å²) in [6, 6.07) is 3.48. The Balaban J connectivity index is 0. The Morgan fingerprint density at radius 2 is 1.50 bits per heavy atom. The van der Waals surface area contributed by atoms with Crippen molar-refractivity contribution in [3.05, 3.63) is 34.4 Å². The van der Waals surface area contributed by atoms with Crippen LogP contribution in [0.5, 0.6) is 0 Å². The molecule has 4 N–H and O–H groups in total. The Morgan fingerprint density at radius 3 is 1.90 bits per heavy atom. The highest BCUT2D eigenvalue weighted by Crippen LogP contribution is 2.22. The highest BCUT2D eigenvalue weighted by Gasteiger charge is 2.18. The Labute approximate surface area is 132 Å². The number of nitrogens with two attached hydrogens (primary N) is 2. The van der Waals surface area contributed by atoms with E-state index in [1.807, 2.05) is 13.8 Å². The fourth-order valence-corrected chi connectivity index (χ4v) is 2.22. The number of hydrogen-bond donors (Lipinski definition) is 2. The third-order valence-electron chi connectivity index (χ3n) is 2.93. The van der Waals surface area contributed by atoms with Gasteiger partial charge in [0.1, 0.15) is 0 Å². The molecule has 1 aromatic rings. The molecule has 6 heteroatoms. The average Bonchev–Trinajstić information content (AvgIpc) is 2.29. The Hall–Kier alpha value is -1.26. The zero-order valence-corrected chi connectivity index (χ0v) is 13.4. The molecule has 0 aromatic heterocycles. The van der Waals surface area contributed by atoms with Crippen LogP contribution in [0.25, 0.3) is 0 Å². The quantitative estimate of drug-likeness (QED) is 0.844. The number of aryl methyl sites for hydroxylation is 1. The van der Waals surface area contributed by atoms with Gasteiger partial charge in [0.05, 0.1) is 0 Å². The molecule has 0 unspecified atom stereocenters. The maximum atomic E-state index is 11.6. The van der Waals surface area contributed by atoms with Gasteiger partial charge in [0.25, 0.3) is 0 Å². The number of hydrogen-bond acceptors (Lipinski definition) is 2. The van der Waals surface area contributed by atoms with E-state index in [-0.39, 0.29) is 24.8 Å². The number of benzene rings is 1. The van der Waals surface area contributed by atoms with Crippen molar-refractivity contribution in [2.24, 2.45) is 11.5 Å². The lowest BCUT2D eigenvalue weighted by Gasteiger charge is -2.14. The summed E-state index contributed by atoms with van der Waals surface area (Å²) in [6.07, 6.45) is 3.15. The van der Waals surface area contributed by atoms with Gasteiger partial charge in [-0.15, -0.1) is 24.8 Å². The molecule has 0 atom stereocenters. The molecule has 0 saturated carbocycles. The third kappa shape index (κ3) is 4.69. The van der Waals surface area contributed by atoms with Gasteiger partial charge in [0.15, 0.2) is 0 Å². The van der Waals surface area contributed by atoms with Crippen LogP contribution in [0.15, 0.2) is 12.1 Å². The third-order valence-corrected chi connectivity index (χ3v) is 2.93. The summed E-state index contributed by atoms with van der Waals surface area (Å²) in [4.78, 5) is 23.0. The normalized spacial score (nSPS) is 9.30. The highest BCUT2D eigenvalue weighted by atomic mass is 35.5. The van der Waals surface area contributed by atoms with Crippen LogP contribution in [-0.2, 0) is 12.8 Å². The molecule has 0 heterocycles. The van der Waals surface area contributed by atoms with Crippen LogP contribution in [0.1, 0.15) is 58.5 Å². The lowest BCUT2D eigenvalue weighted by Crippen LogP contribution is -2.22. The van der Waals surface area contributed by atoms with Gasteiger partial charge in [0, 0.05) is 11.1 Å². The molecule has 1 rings (SSSR count). The summed E-state index contributed by atoms with van der Waals surface area (Å²) in [5.41, 5.74) is 13.3. The molecular weight excluding hydrogens is 299 g/mol. The molecule has 0 aliphatic heterocycles. The number of amides is 2. The molecule has 0 saturated heterocycles. The van der Waals surface area contributed by atoms with Crippen molar-refractivity contribution >= 4 is 36.6 Å². The fourth-order valence-electron chi connectivity index (χ4n) is 2.22. The van der Waals surface area contributed by atoms with E-state index in [2.05, 4.69) is 0 Å². The van der Waals surface area contributed by atoms with Gasteiger partial charge in [-0.3, -0.25) is 9.59 Å². The molecule has 4 nitrogen and oxygen atoms in total. The molecule has 0 radical (unpaired) electrons. The Kier molecular flexibility index (Phi) is 10.1. The lowest BCUT2D eigenvalue weighted by atomic mass is 9.90. The van der Waals surface area contributed by atoms with Gasteiger partial charge in [-0.05, 0) is 30.0 Å². The predicted octanol–water partition coefficient (Wildman–Crippen LogP) is 2.63. The van der Waals surface area contributed by atoms with Crippen molar-refractivity contribution in [2.45, 2.75) is 39.5 Å². The average molecular weight is 321 g/mol. The SMILES string of the molecule is CCCc1ccc(C(N)=O)c(CCC)c1C(N)=O.Cl.Cl. The molecule has 0 aliphatic rings. The highest BCUT2D eigenvalue weighted by molar-refractivity contribution is 6.02. The first-order valence-electron chi connectivity index (χ1n) is 6.27. The van der Waals surface area contributed by atoms with E-state index >= 15 is 0 Å². The number of rotatable bonds is 6. The molecule has 114 valence electrons. The minimum atomic E-state index is -0.510. The number of halogens is 2. The fraction of sp³-hybridized carbons (Fsp3) is 0.429. The van der Waals surface area contributed by atoms with Crippen LogP contribution >= 0.6 is 24.8 Å². The second kappa shape index (κ2) is 9.61. The van der Waals surface area contributed by atoms with Gasteiger partial charge < -0.3 is 11.5 Å². The summed E-state index contributed by atoms with van der Waals surface area (Å²) < 4.78 is 0. The van der Waals surface area contributed by atoms with E-state index in [1.54, 1.807) is 12.1 Å². The van der Waals surface area contributed by atoms with Crippen molar-refractivity contribution in [3.63, 3.8) is 0 Å². The lowest BCUT2D eigenvalue weighted by molar-refractivity contribution is 0.0998. The molecule has 0 spiro atoms. The largest absolute Gasteiger partial charge is 0.366 e. The second-order valence-electron chi connectivity index (χ2n) is 4.35. The molecule has 20 heavy (non-hydrogen) atoms. The molecular formula is C14H22Cl2N2O2. The van der Waals surface area contributed by atoms with Gasteiger partial charge >= 0.3 is 0 Å². The van der Waals surface area contributed by atoms with Crippen molar-refractivity contribution in [1.29, 1.82) is 0 Å². The zero-order chi connectivity index (χ0) is 13.7. The second-order valence-corrected chi connectivity index (χ2v) is 4.35. The minimum absolute atomic E-state index is 0. The molecule has 0 aliphatic carbocycles. The first-order valence-corrected chi connectivity index (χ1v) is 6.27. The standard InChI is InChI=1S/C14H20N2O2.2ClH/c1-3-5-9-7-8-11(13(15)17)10(6-4-2)12(9)14(16)18;;/h7-8H,3-6H2,1-2H3,(H2,15,17)(H2,16,18);2*1H. The van der Waals surface area contributed by atoms with Gasteiger partial charge in [0.2, 0.25) is 11.8 Å². The predicted molar refractivity (Wildman–Crippen MR) is 86.0 cm³/mol. The number of carbonyl (C=O) groups excluding carboxylic acids is 2. The van der Waals surface area contributed by atoms with E-state index in [0.717, 1.165) is 24.8 Å². The van der Waals surface area contributed by atoms with Crippen molar-refractivity contribution in [3.8, 4) is 0 Å². The number of carbonyl (C=O) groups is 2.